The van der Waals surface area contributed by atoms with Gasteiger partial charge in [0, 0.05) is 10.0 Å². The van der Waals surface area contributed by atoms with Gasteiger partial charge in [0.1, 0.15) is 0 Å². The lowest BCUT2D eigenvalue weighted by Gasteiger charge is -2.18. The molecule has 0 saturated carbocycles. The van der Waals surface area contributed by atoms with Gasteiger partial charge in [0.15, 0.2) is 17.6 Å². The van der Waals surface area contributed by atoms with Gasteiger partial charge in [0.25, 0.3) is 5.56 Å². The van der Waals surface area contributed by atoms with Crippen LogP contribution in [0.2, 0.25) is 0 Å². The first-order valence-corrected chi connectivity index (χ1v) is 11.0. The minimum Gasteiger partial charge on any atom is -0.493 e. The Bertz CT molecular complexity index is 1320. The number of carbonyl (C=O) groups excluding carboxylic acids is 1. The Morgan fingerprint density at radius 3 is 2.66 bits per heavy atom. The molecule has 0 spiro atoms. The Morgan fingerprint density at radius 1 is 1.25 bits per heavy atom. The highest BCUT2D eigenvalue weighted by atomic mass is 79.9. The summed E-state index contributed by atoms with van der Waals surface area (Å²) in [4.78, 5) is 39.5. The highest BCUT2D eigenvalue weighted by Gasteiger charge is 2.22. The molecule has 32 heavy (non-hydrogen) atoms. The number of H-pyrrole nitrogens is 1. The van der Waals surface area contributed by atoms with Gasteiger partial charge in [-0.05, 0) is 63.9 Å². The lowest BCUT2D eigenvalue weighted by atomic mass is 10.2. The molecule has 11 heteroatoms. The molecule has 0 aliphatic rings. The number of nitrogens with zero attached hydrogens (tertiary/aromatic N) is 2. The highest BCUT2D eigenvalue weighted by molar-refractivity contribution is 9.13. The lowest BCUT2D eigenvalue weighted by Crippen LogP contribution is -2.32. The molecule has 0 fully saturated rings. The van der Waals surface area contributed by atoms with Crippen LogP contribution in [0.3, 0.4) is 0 Å². The van der Waals surface area contributed by atoms with Crippen LogP contribution in [-0.2, 0) is 9.53 Å². The molecule has 0 aliphatic carbocycles. The molecule has 0 aliphatic heterocycles. The van der Waals surface area contributed by atoms with E-state index >= 15 is 0 Å². The second-order valence-corrected chi connectivity index (χ2v) is 8.06. The largest absolute Gasteiger partial charge is 0.493 e. The monoisotopic (exact) mass is 567 g/mol. The Kier molecular flexibility index (Phi) is 7.52. The van der Waals surface area contributed by atoms with Crippen molar-refractivity contribution in [3.8, 4) is 11.5 Å². The van der Waals surface area contributed by atoms with Crippen molar-refractivity contribution in [2.24, 2.45) is 5.10 Å². The summed E-state index contributed by atoms with van der Waals surface area (Å²) < 4.78 is 17.8. The molecule has 1 atom stereocenters. The second kappa shape index (κ2) is 10.1. The topological polar surface area (TPSA) is 112 Å². The van der Waals surface area contributed by atoms with Crippen LogP contribution in [-0.4, -0.2) is 41.7 Å². The van der Waals surface area contributed by atoms with Crippen LogP contribution in [0.4, 0.5) is 0 Å². The van der Waals surface area contributed by atoms with E-state index < -0.39 is 23.3 Å². The highest BCUT2D eigenvalue weighted by Crippen LogP contribution is 2.42. The van der Waals surface area contributed by atoms with Gasteiger partial charge in [-0.1, -0.05) is 12.1 Å². The fourth-order valence-corrected chi connectivity index (χ4v) is 3.74. The van der Waals surface area contributed by atoms with Gasteiger partial charge in [0.2, 0.25) is 0 Å². The van der Waals surface area contributed by atoms with Gasteiger partial charge in [-0.3, -0.25) is 4.79 Å². The maximum Gasteiger partial charge on any atom is 0.349 e. The van der Waals surface area contributed by atoms with Crippen molar-refractivity contribution in [1.29, 1.82) is 0 Å². The predicted octanol–water partition coefficient (Wildman–Crippen LogP) is 3.44. The van der Waals surface area contributed by atoms with Crippen LogP contribution in [0.15, 0.2) is 54.0 Å². The molecule has 3 aromatic rings. The fraction of sp³-hybridized carbons (Fsp3) is 0.238. The first-order valence-electron chi connectivity index (χ1n) is 9.46. The number of ether oxygens (including phenoxy) is 3. The second-order valence-electron chi connectivity index (χ2n) is 6.47. The molecule has 2 aromatic carbocycles. The summed E-state index contributed by atoms with van der Waals surface area (Å²) in [5, 5.41) is 4.39. The van der Waals surface area contributed by atoms with Crippen molar-refractivity contribution >= 4 is 54.9 Å². The Hall–Kier alpha value is -2.92. The smallest absolute Gasteiger partial charge is 0.349 e. The Balaban J connectivity index is 2.01. The van der Waals surface area contributed by atoms with Crippen molar-refractivity contribution in [2.75, 3.05) is 13.7 Å². The summed E-state index contributed by atoms with van der Waals surface area (Å²) in [6.07, 6.45) is 0.461. The number of rotatable bonds is 7. The van der Waals surface area contributed by atoms with E-state index in [2.05, 4.69) is 41.9 Å². The molecule has 3 rings (SSSR count). The van der Waals surface area contributed by atoms with E-state index in [4.69, 9.17) is 14.2 Å². The number of esters is 1. The van der Waals surface area contributed by atoms with E-state index in [-0.39, 0.29) is 12.4 Å². The van der Waals surface area contributed by atoms with Crippen molar-refractivity contribution in [3.63, 3.8) is 0 Å². The number of aromatic amines is 1. The fourth-order valence-electron chi connectivity index (χ4n) is 2.82. The third-order valence-corrected chi connectivity index (χ3v) is 6.53. The summed E-state index contributed by atoms with van der Waals surface area (Å²) in [6, 6.07) is 8.25. The molecule has 0 bridgehead atoms. The summed E-state index contributed by atoms with van der Waals surface area (Å²) in [5.41, 5.74) is -0.303. The molecular formula is C21H19Br2N3O6. The average molecular weight is 569 g/mol. The van der Waals surface area contributed by atoms with Crippen molar-refractivity contribution in [3.05, 3.63) is 65.7 Å². The van der Waals surface area contributed by atoms with Crippen LogP contribution in [0, 0.1) is 0 Å². The summed E-state index contributed by atoms with van der Waals surface area (Å²) in [7, 11) is 1.44. The average Bonchev–Trinajstić information content (AvgIpc) is 2.78. The van der Waals surface area contributed by atoms with Crippen molar-refractivity contribution < 1.29 is 19.0 Å². The first kappa shape index (κ1) is 23.7. The minimum absolute atomic E-state index is 0.233. The summed E-state index contributed by atoms with van der Waals surface area (Å²) >= 11 is 6.86. The molecule has 9 nitrogen and oxygen atoms in total. The molecule has 168 valence electrons. The van der Waals surface area contributed by atoms with Crippen molar-refractivity contribution in [1.82, 2.24) is 9.66 Å². The van der Waals surface area contributed by atoms with Crippen LogP contribution >= 0.6 is 31.9 Å². The van der Waals surface area contributed by atoms with Crippen molar-refractivity contribution in [2.45, 2.75) is 20.0 Å². The number of hydrogen-bond donors (Lipinski definition) is 1. The van der Waals surface area contributed by atoms with Gasteiger partial charge in [0.05, 0.1) is 35.3 Å². The van der Waals surface area contributed by atoms with Crippen LogP contribution in [0.1, 0.15) is 19.4 Å². The van der Waals surface area contributed by atoms with E-state index in [1.807, 2.05) is 0 Å². The third-order valence-electron chi connectivity index (χ3n) is 4.39. The predicted molar refractivity (Wildman–Crippen MR) is 127 cm³/mol. The third kappa shape index (κ3) is 4.78. The number of benzene rings is 2. The molecule has 1 N–H and O–H groups in total. The number of nitrogens with one attached hydrogen (secondary N) is 1. The standard InChI is InChI=1S/C21H19Br2N3O6/c1-4-31-20(28)11(2)32-18-15(30-3)9-12(16(22)17(18)23)10-24-26-19(27)13-7-5-6-8-14(13)25-21(26)29/h5-11H,4H2,1-3H3,(H,25,29)/t11-/m1/s1. The molecule has 1 aromatic heterocycles. The van der Waals surface area contributed by atoms with Gasteiger partial charge in [-0.25, -0.2) is 9.59 Å². The molecule has 0 radical (unpaired) electrons. The number of hydrogen-bond acceptors (Lipinski definition) is 7. The number of methoxy groups -OCH3 is 1. The molecule has 0 unspecified atom stereocenters. The zero-order chi connectivity index (χ0) is 23.4. The van der Waals surface area contributed by atoms with E-state index in [1.165, 1.54) is 13.3 Å². The van der Waals surface area contributed by atoms with Gasteiger partial charge >= 0.3 is 11.7 Å². The maximum absolute atomic E-state index is 12.7. The van der Waals surface area contributed by atoms with E-state index in [1.54, 1.807) is 44.2 Å². The van der Waals surface area contributed by atoms with Gasteiger partial charge < -0.3 is 19.2 Å². The SMILES string of the molecule is CCOC(=O)[C@@H](C)Oc1c(OC)cc(C=Nn2c(=O)[nH]c3ccccc3c2=O)c(Br)c1Br. The van der Waals surface area contributed by atoms with E-state index in [0.29, 0.717) is 31.2 Å². The molecule has 0 amide bonds. The van der Waals surface area contributed by atoms with Gasteiger partial charge in [-0.15, -0.1) is 4.68 Å². The number of carbonyl (C=O) groups is 1. The quantitative estimate of drug-likeness (QED) is 0.345. The molecule has 0 saturated heterocycles. The number of aromatic nitrogens is 2. The number of fused-ring (bicyclic) bond motifs is 1. The zero-order valence-corrected chi connectivity index (χ0v) is 20.5. The van der Waals surface area contributed by atoms with Crippen LogP contribution in [0.25, 0.3) is 10.9 Å². The minimum atomic E-state index is -0.874. The van der Waals surface area contributed by atoms with Crippen LogP contribution < -0.4 is 20.7 Å². The Labute approximate surface area is 199 Å². The van der Waals surface area contributed by atoms with E-state index in [9.17, 15) is 14.4 Å². The maximum atomic E-state index is 12.7. The molecule has 1 heterocycles. The summed E-state index contributed by atoms with van der Waals surface area (Å²) in [6.45, 7) is 3.50. The lowest BCUT2D eigenvalue weighted by molar-refractivity contribution is -0.150. The molecular weight excluding hydrogens is 550 g/mol. The normalized spacial score (nSPS) is 12.2. The zero-order valence-electron chi connectivity index (χ0n) is 17.3. The number of halogens is 2. The number of para-hydroxylation sites is 1. The summed E-state index contributed by atoms with van der Waals surface area (Å²) in [5.74, 6) is 0.0633. The van der Waals surface area contributed by atoms with Gasteiger partial charge in [-0.2, -0.15) is 5.10 Å². The Morgan fingerprint density at radius 2 is 1.97 bits per heavy atom. The van der Waals surface area contributed by atoms with E-state index in [0.717, 1.165) is 4.68 Å². The first-order chi connectivity index (χ1) is 15.3. The van der Waals surface area contributed by atoms with Crippen LogP contribution in [0.5, 0.6) is 11.5 Å².